The van der Waals surface area contributed by atoms with E-state index < -0.39 is 6.10 Å². The van der Waals surface area contributed by atoms with E-state index in [0.717, 1.165) is 12.1 Å². The van der Waals surface area contributed by atoms with E-state index in [2.05, 4.69) is 42.3 Å². The lowest BCUT2D eigenvalue weighted by atomic mass is 10.0. The summed E-state index contributed by atoms with van der Waals surface area (Å²) in [6.07, 6.45) is 2.90. The van der Waals surface area contributed by atoms with Crippen LogP contribution in [0.5, 0.6) is 0 Å². The van der Waals surface area contributed by atoms with Crippen molar-refractivity contribution < 1.29 is 5.11 Å². The highest BCUT2D eigenvalue weighted by Gasteiger charge is 2.07. The zero-order valence-corrected chi connectivity index (χ0v) is 11.4. The van der Waals surface area contributed by atoms with Gasteiger partial charge in [0, 0.05) is 25.5 Å². The smallest absolute Gasteiger partial charge is 0.0915 e. The van der Waals surface area contributed by atoms with E-state index >= 15 is 0 Å². The molecule has 0 saturated carbocycles. The maximum Gasteiger partial charge on any atom is 0.0915 e. The number of aliphatic hydroxyl groups is 1. The number of hydrogen-bond acceptors (Lipinski definition) is 3. The van der Waals surface area contributed by atoms with Crippen LogP contribution < -0.4 is 5.32 Å². The standard InChI is InChI=1S/C16H20N2O/c1-12-4-3-5-15(13(12)2)10-18-11-16(19)14-6-8-17-9-7-14/h3-9,16,18-19H,10-11H2,1-2H3. The number of aromatic nitrogens is 1. The fourth-order valence-corrected chi connectivity index (χ4v) is 2.05. The minimum absolute atomic E-state index is 0.492. The lowest BCUT2D eigenvalue weighted by Crippen LogP contribution is -2.21. The summed E-state index contributed by atoms with van der Waals surface area (Å²) in [6.45, 7) is 5.56. The number of pyridine rings is 1. The summed E-state index contributed by atoms with van der Waals surface area (Å²) in [5, 5.41) is 13.3. The third-order valence-electron chi connectivity index (χ3n) is 3.46. The SMILES string of the molecule is Cc1cccc(CNCC(O)c2ccncc2)c1C. The van der Waals surface area contributed by atoms with Gasteiger partial charge in [-0.15, -0.1) is 0 Å². The molecule has 0 aliphatic carbocycles. The molecule has 0 spiro atoms. The van der Waals surface area contributed by atoms with Gasteiger partial charge < -0.3 is 10.4 Å². The Kier molecular flexibility index (Phi) is 4.66. The number of aryl methyl sites for hydroxylation is 1. The number of aliphatic hydroxyl groups excluding tert-OH is 1. The van der Waals surface area contributed by atoms with Crippen LogP contribution in [-0.4, -0.2) is 16.6 Å². The zero-order valence-electron chi connectivity index (χ0n) is 11.4. The molecule has 0 radical (unpaired) electrons. The second-order valence-corrected chi connectivity index (χ2v) is 4.79. The first-order valence-corrected chi connectivity index (χ1v) is 6.52. The highest BCUT2D eigenvalue weighted by Crippen LogP contribution is 2.13. The van der Waals surface area contributed by atoms with Gasteiger partial charge in [0.25, 0.3) is 0 Å². The molecule has 2 aromatic rings. The maximum atomic E-state index is 10.0. The molecule has 3 nitrogen and oxygen atoms in total. The highest BCUT2D eigenvalue weighted by molar-refractivity contribution is 5.32. The van der Waals surface area contributed by atoms with Crippen molar-refractivity contribution in [1.82, 2.24) is 10.3 Å². The summed E-state index contributed by atoms with van der Waals surface area (Å²) in [7, 11) is 0. The van der Waals surface area contributed by atoms with Crippen LogP contribution in [0.15, 0.2) is 42.7 Å². The minimum atomic E-state index is -0.492. The second kappa shape index (κ2) is 6.45. The van der Waals surface area contributed by atoms with Crippen molar-refractivity contribution in [2.24, 2.45) is 0 Å². The quantitative estimate of drug-likeness (QED) is 0.864. The first-order chi connectivity index (χ1) is 9.18. The molecule has 100 valence electrons. The summed E-state index contributed by atoms with van der Waals surface area (Å²) < 4.78 is 0. The molecule has 1 unspecified atom stereocenters. The molecule has 2 rings (SSSR count). The molecule has 0 amide bonds. The lowest BCUT2D eigenvalue weighted by molar-refractivity contribution is 0.174. The molecule has 0 bridgehead atoms. The van der Waals surface area contributed by atoms with E-state index in [1.807, 2.05) is 12.1 Å². The highest BCUT2D eigenvalue weighted by atomic mass is 16.3. The third kappa shape index (κ3) is 3.63. The van der Waals surface area contributed by atoms with Crippen LogP contribution in [0.4, 0.5) is 0 Å². The Hall–Kier alpha value is -1.71. The molecule has 2 N–H and O–H groups in total. The van der Waals surface area contributed by atoms with Crippen LogP contribution in [-0.2, 0) is 6.54 Å². The number of nitrogens with one attached hydrogen (secondary N) is 1. The lowest BCUT2D eigenvalue weighted by Gasteiger charge is -2.13. The van der Waals surface area contributed by atoms with Crippen LogP contribution in [0, 0.1) is 13.8 Å². The van der Waals surface area contributed by atoms with E-state index in [1.54, 1.807) is 12.4 Å². The Morgan fingerprint density at radius 3 is 2.63 bits per heavy atom. The van der Waals surface area contributed by atoms with Crippen molar-refractivity contribution in [1.29, 1.82) is 0 Å². The van der Waals surface area contributed by atoms with Gasteiger partial charge in [-0.1, -0.05) is 18.2 Å². The summed E-state index contributed by atoms with van der Waals surface area (Å²) in [5.41, 5.74) is 4.78. The molecular weight excluding hydrogens is 236 g/mol. The van der Waals surface area contributed by atoms with Crippen LogP contribution in [0.1, 0.15) is 28.4 Å². The van der Waals surface area contributed by atoms with Gasteiger partial charge in [0.2, 0.25) is 0 Å². The molecule has 0 saturated heterocycles. The van der Waals surface area contributed by atoms with E-state index in [4.69, 9.17) is 0 Å². The Balaban J connectivity index is 1.88. The molecule has 1 aromatic heterocycles. The van der Waals surface area contributed by atoms with Gasteiger partial charge in [-0.05, 0) is 48.2 Å². The molecule has 1 heterocycles. The number of benzene rings is 1. The number of nitrogens with zero attached hydrogens (tertiary/aromatic N) is 1. The first kappa shape index (κ1) is 13.7. The van der Waals surface area contributed by atoms with Gasteiger partial charge in [0.15, 0.2) is 0 Å². The van der Waals surface area contributed by atoms with E-state index in [1.165, 1.54) is 16.7 Å². The molecule has 3 heteroatoms. The fourth-order valence-electron chi connectivity index (χ4n) is 2.05. The van der Waals surface area contributed by atoms with Crippen molar-refractivity contribution in [3.05, 3.63) is 65.0 Å². The van der Waals surface area contributed by atoms with Crippen molar-refractivity contribution >= 4 is 0 Å². The van der Waals surface area contributed by atoms with Gasteiger partial charge in [-0.3, -0.25) is 4.98 Å². The summed E-state index contributed by atoms with van der Waals surface area (Å²) >= 11 is 0. The zero-order chi connectivity index (χ0) is 13.7. The Labute approximate surface area is 114 Å². The summed E-state index contributed by atoms with van der Waals surface area (Å²) in [5.74, 6) is 0. The van der Waals surface area contributed by atoms with E-state index in [9.17, 15) is 5.11 Å². The molecular formula is C16H20N2O. The third-order valence-corrected chi connectivity index (χ3v) is 3.46. The predicted octanol–water partition coefficient (Wildman–Crippen LogP) is 2.52. The van der Waals surface area contributed by atoms with Gasteiger partial charge in [0.05, 0.1) is 6.10 Å². The Morgan fingerprint density at radius 2 is 1.89 bits per heavy atom. The Bertz CT molecular complexity index is 526. The van der Waals surface area contributed by atoms with E-state index in [-0.39, 0.29) is 0 Å². The normalized spacial score (nSPS) is 12.4. The monoisotopic (exact) mass is 256 g/mol. The van der Waals surface area contributed by atoms with Crippen molar-refractivity contribution in [2.45, 2.75) is 26.5 Å². The van der Waals surface area contributed by atoms with Gasteiger partial charge in [0.1, 0.15) is 0 Å². The van der Waals surface area contributed by atoms with Gasteiger partial charge >= 0.3 is 0 Å². The first-order valence-electron chi connectivity index (χ1n) is 6.52. The van der Waals surface area contributed by atoms with Crippen molar-refractivity contribution in [2.75, 3.05) is 6.54 Å². The van der Waals surface area contributed by atoms with Crippen molar-refractivity contribution in [3.63, 3.8) is 0 Å². The Morgan fingerprint density at radius 1 is 1.16 bits per heavy atom. The number of hydrogen-bond donors (Lipinski definition) is 2. The second-order valence-electron chi connectivity index (χ2n) is 4.79. The maximum absolute atomic E-state index is 10.0. The average molecular weight is 256 g/mol. The molecule has 0 fully saturated rings. The van der Waals surface area contributed by atoms with Crippen molar-refractivity contribution in [3.8, 4) is 0 Å². The summed E-state index contributed by atoms with van der Waals surface area (Å²) in [6, 6.07) is 9.98. The molecule has 1 atom stereocenters. The average Bonchev–Trinajstić information content (AvgIpc) is 2.44. The van der Waals surface area contributed by atoms with Crippen LogP contribution >= 0.6 is 0 Å². The van der Waals surface area contributed by atoms with Crippen LogP contribution in [0.25, 0.3) is 0 Å². The largest absolute Gasteiger partial charge is 0.387 e. The topological polar surface area (TPSA) is 45.1 Å². The predicted molar refractivity (Wildman–Crippen MR) is 76.8 cm³/mol. The van der Waals surface area contributed by atoms with Gasteiger partial charge in [-0.25, -0.2) is 0 Å². The molecule has 19 heavy (non-hydrogen) atoms. The molecule has 0 aliphatic rings. The molecule has 1 aromatic carbocycles. The fraction of sp³-hybridized carbons (Fsp3) is 0.312. The van der Waals surface area contributed by atoms with Gasteiger partial charge in [-0.2, -0.15) is 0 Å². The minimum Gasteiger partial charge on any atom is -0.387 e. The van der Waals surface area contributed by atoms with Crippen LogP contribution in [0.3, 0.4) is 0 Å². The number of rotatable bonds is 5. The van der Waals surface area contributed by atoms with Crippen LogP contribution in [0.2, 0.25) is 0 Å². The molecule has 0 aliphatic heterocycles. The summed E-state index contributed by atoms with van der Waals surface area (Å²) in [4.78, 5) is 3.95. The van der Waals surface area contributed by atoms with E-state index in [0.29, 0.717) is 6.54 Å².